The highest BCUT2D eigenvalue weighted by molar-refractivity contribution is 6.67. The fraction of sp³-hybridized carbons (Fsp3) is 0.818. The molecular formula is C11H22BO3-. The molecule has 0 unspecified atom stereocenters. The summed E-state index contributed by atoms with van der Waals surface area (Å²) in [5.41, 5.74) is 1.32. The Morgan fingerprint density at radius 2 is 1.47 bits per heavy atom. The fourth-order valence-electron chi connectivity index (χ4n) is 2.22. The zero-order chi connectivity index (χ0) is 12.1. The summed E-state index contributed by atoms with van der Waals surface area (Å²) in [6.07, 6.45) is 0. The predicted octanol–water partition coefficient (Wildman–Crippen LogP) is 1.87. The van der Waals surface area contributed by atoms with Crippen LogP contribution in [0.3, 0.4) is 0 Å². The lowest BCUT2D eigenvalue weighted by Gasteiger charge is -2.37. The zero-order valence-electron chi connectivity index (χ0n) is 10.6. The Bertz CT molecular complexity index is 292. The number of rotatable bonds is 0. The third-order valence-electron chi connectivity index (χ3n) is 2.87. The second kappa shape index (κ2) is 3.34. The SMILES string of the molecule is CC(C)(C)C1=C(C(C)(C)C)[B-](O)(O)OC1. The fourth-order valence-corrected chi connectivity index (χ4v) is 2.22. The highest BCUT2D eigenvalue weighted by Crippen LogP contribution is 2.43. The van der Waals surface area contributed by atoms with Gasteiger partial charge in [0.2, 0.25) is 0 Å². The van der Waals surface area contributed by atoms with Crippen LogP contribution in [-0.2, 0) is 4.65 Å². The van der Waals surface area contributed by atoms with E-state index in [1.54, 1.807) is 0 Å². The van der Waals surface area contributed by atoms with E-state index in [9.17, 15) is 10.0 Å². The summed E-state index contributed by atoms with van der Waals surface area (Å²) in [5, 5.41) is 19.7. The van der Waals surface area contributed by atoms with Gasteiger partial charge in [-0.05, 0) is 10.8 Å². The number of hydrogen-bond acceptors (Lipinski definition) is 3. The quantitative estimate of drug-likeness (QED) is 0.604. The highest BCUT2D eigenvalue weighted by atomic mass is 16.6. The summed E-state index contributed by atoms with van der Waals surface area (Å²) in [4.78, 5) is 0. The van der Waals surface area contributed by atoms with Crippen molar-refractivity contribution in [1.82, 2.24) is 0 Å². The van der Waals surface area contributed by atoms with Crippen molar-refractivity contribution in [2.24, 2.45) is 10.8 Å². The van der Waals surface area contributed by atoms with Crippen molar-refractivity contribution in [3.05, 3.63) is 11.0 Å². The van der Waals surface area contributed by atoms with Crippen molar-refractivity contribution < 1.29 is 14.7 Å². The highest BCUT2D eigenvalue weighted by Gasteiger charge is 2.42. The van der Waals surface area contributed by atoms with Gasteiger partial charge in [-0.25, -0.2) is 0 Å². The van der Waals surface area contributed by atoms with Gasteiger partial charge in [0.1, 0.15) is 0 Å². The van der Waals surface area contributed by atoms with Crippen LogP contribution in [0.4, 0.5) is 0 Å². The van der Waals surface area contributed by atoms with Gasteiger partial charge in [-0.1, -0.05) is 47.1 Å². The van der Waals surface area contributed by atoms with Gasteiger partial charge in [-0.2, -0.15) is 0 Å². The second-order valence-corrected chi connectivity index (χ2v) is 6.41. The standard InChI is InChI=1S/C11H22BO3/c1-10(2,3)8-7-15-12(13,14)9(8)11(4,5)6/h13-14H,7H2,1-6H3/q-1. The van der Waals surface area contributed by atoms with E-state index in [1.807, 2.05) is 20.8 Å². The molecule has 1 aliphatic heterocycles. The van der Waals surface area contributed by atoms with E-state index in [2.05, 4.69) is 20.8 Å². The van der Waals surface area contributed by atoms with E-state index in [0.29, 0.717) is 12.1 Å². The molecule has 0 amide bonds. The molecule has 0 aromatic rings. The van der Waals surface area contributed by atoms with Crippen molar-refractivity contribution >= 4 is 6.75 Å². The molecule has 3 nitrogen and oxygen atoms in total. The average molecular weight is 213 g/mol. The summed E-state index contributed by atoms with van der Waals surface area (Å²) in [6, 6.07) is 0. The first-order chi connectivity index (χ1) is 6.46. The van der Waals surface area contributed by atoms with Crippen LogP contribution in [-0.4, -0.2) is 23.4 Å². The third-order valence-corrected chi connectivity index (χ3v) is 2.87. The largest absolute Gasteiger partial charge is 0.556 e. The molecule has 88 valence electrons. The smallest absolute Gasteiger partial charge is 0.401 e. The van der Waals surface area contributed by atoms with Crippen LogP contribution < -0.4 is 0 Å². The predicted molar refractivity (Wildman–Crippen MR) is 62.1 cm³/mol. The monoisotopic (exact) mass is 213 g/mol. The van der Waals surface area contributed by atoms with Crippen molar-refractivity contribution in [3.63, 3.8) is 0 Å². The minimum absolute atomic E-state index is 0.0857. The van der Waals surface area contributed by atoms with Gasteiger partial charge in [-0.3, -0.25) is 0 Å². The normalized spacial score (nSPS) is 22.4. The molecular weight excluding hydrogens is 191 g/mol. The van der Waals surface area contributed by atoms with E-state index in [0.717, 1.165) is 5.57 Å². The third kappa shape index (κ3) is 2.44. The first-order valence-corrected chi connectivity index (χ1v) is 5.43. The van der Waals surface area contributed by atoms with Gasteiger partial charge in [-0.15, -0.1) is 5.47 Å². The lowest BCUT2D eigenvalue weighted by molar-refractivity contribution is 0.178. The van der Waals surface area contributed by atoms with Crippen LogP contribution in [0.25, 0.3) is 0 Å². The van der Waals surface area contributed by atoms with Gasteiger partial charge in [0.05, 0.1) is 0 Å². The summed E-state index contributed by atoms with van der Waals surface area (Å²) in [6.45, 7) is 9.68. The van der Waals surface area contributed by atoms with Crippen LogP contribution in [0.2, 0.25) is 0 Å². The molecule has 0 bridgehead atoms. The lowest BCUT2D eigenvalue weighted by Crippen LogP contribution is -2.43. The summed E-state index contributed by atoms with van der Waals surface area (Å²) in [7, 11) is 0. The van der Waals surface area contributed by atoms with Crippen molar-refractivity contribution in [3.8, 4) is 0 Å². The molecule has 15 heavy (non-hydrogen) atoms. The van der Waals surface area contributed by atoms with Gasteiger partial charge in [0.15, 0.2) is 0 Å². The second-order valence-electron chi connectivity index (χ2n) is 6.41. The molecule has 0 aromatic heterocycles. The Kier molecular flexibility index (Phi) is 2.84. The molecule has 1 rings (SSSR count). The molecule has 0 spiro atoms. The van der Waals surface area contributed by atoms with E-state index in [4.69, 9.17) is 4.65 Å². The van der Waals surface area contributed by atoms with Crippen molar-refractivity contribution in [1.29, 1.82) is 0 Å². The van der Waals surface area contributed by atoms with Crippen molar-refractivity contribution in [2.45, 2.75) is 41.5 Å². The summed E-state index contributed by atoms with van der Waals surface area (Å²) in [5.74, 6) is 0. The molecule has 0 aliphatic carbocycles. The Labute approximate surface area is 92.2 Å². The summed E-state index contributed by atoms with van der Waals surface area (Å²) >= 11 is 0. The van der Waals surface area contributed by atoms with E-state index in [-0.39, 0.29) is 10.8 Å². The molecule has 1 heterocycles. The number of hydrogen-bond donors (Lipinski definition) is 2. The first-order valence-electron chi connectivity index (χ1n) is 5.43. The molecule has 0 atom stereocenters. The van der Waals surface area contributed by atoms with E-state index >= 15 is 0 Å². The van der Waals surface area contributed by atoms with Gasteiger partial charge in [0, 0.05) is 6.61 Å². The van der Waals surface area contributed by atoms with Crippen LogP contribution in [0.15, 0.2) is 11.0 Å². The van der Waals surface area contributed by atoms with E-state index in [1.165, 1.54) is 0 Å². The Morgan fingerprint density at radius 1 is 1.00 bits per heavy atom. The maximum atomic E-state index is 9.86. The molecule has 1 aliphatic rings. The van der Waals surface area contributed by atoms with E-state index < -0.39 is 6.75 Å². The Hall–Kier alpha value is -0.315. The summed E-state index contributed by atoms with van der Waals surface area (Å²) < 4.78 is 5.12. The van der Waals surface area contributed by atoms with Gasteiger partial charge >= 0.3 is 6.75 Å². The average Bonchev–Trinajstić information content (AvgIpc) is 2.21. The lowest BCUT2D eigenvalue weighted by atomic mass is 9.57. The molecule has 0 aromatic carbocycles. The van der Waals surface area contributed by atoms with Gasteiger partial charge < -0.3 is 14.7 Å². The minimum atomic E-state index is -2.77. The Balaban J connectivity index is 3.31. The molecule has 0 saturated carbocycles. The maximum absolute atomic E-state index is 9.86. The van der Waals surface area contributed by atoms with Crippen LogP contribution >= 0.6 is 0 Å². The van der Waals surface area contributed by atoms with Gasteiger partial charge in [0.25, 0.3) is 0 Å². The molecule has 2 N–H and O–H groups in total. The van der Waals surface area contributed by atoms with Crippen molar-refractivity contribution in [2.75, 3.05) is 6.61 Å². The van der Waals surface area contributed by atoms with Crippen LogP contribution in [0.1, 0.15) is 41.5 Å². The zero-order valence-corrected chi connectivity index (χ0v) is 10.6. The first kappa shape index (κ1) is 12.8. The molecule has 0 fully saturated rings. The minimum Gasteiger partial charge on any atom is -0.556 e. The molecule has 0 saturated heterocycles. The van der Waals surface area contributed by atoms with Crippen LogP contribution in [0, 0.1) is 10.8 Å². The molecule has 0 radical (unpaired) electrons. The number of allylic oxidation sites excluding steroid dienone is 1. The topological polar surface area (TPSA) is 49.7 Å². The molecule has 4 heteroatoms. The van der Waals surface area contributed by atoms with Crippen LogP contribution in [0.5, 0.6) is 0 Å². The Morgan fingerprint density at radius 3 is 1.73 bits per heavy atom. The maximum Gasteiger partial charge on any atom is 0.401 e.